The number of halogens is 1. The highest BCUT2D eigenvalue weighted by molar-refractivity contribution is 5.33. The summed E-state index contributed by atoms with van der Waals surface area (Å²) in [4.78, 5) is 0. The molecule has 0 aromatic heterocycles. The van der Waals surface area contributed by atoms with Crippen LogP contribution < -0.4 is 18.6 Å². The molecule has 0 spiro atoms. The molecule has 0 aliphatic heterocycles. The zero-order valence-corrected chi connectivity index (χ0v) is 16.1. The quantitative estimate of drug-likeness (QED) is 0.593. The van der Waals surface area contributed by atoms with E-state index in [4.69, 9.17) is 0 Å². The minimum Gasteiger partial charge on any atom is -1.00 e. The molecule has 0 saturated carbocycles. The van der Waals surface area contributed by atoms with E-state index in [1.165, 1.54) is 81.8 Å². The van der Waals surface area contributed by atoms with Crippen molar-refractivity contribution < 1.29 is 12.4 Å². The van der Waals surface area contributed by atoms with E-state index < -0.39 is 0 Å². The van der Waals surface area contributed by atoms with Crippen LogP contribution in [0.4, 0.5) is 0 Å². The first-order valence-electron chi connectivity index (χ1n) is 8.80. The van der Waals surface area contributed by atoms with Crippen LogP contribution in [0, 0.1) is 13.8 Å². The molecule has 1 aromatic rings. The first-order chi connectivity index (χ1) is 9.75. The number of rotatable bonds is 11. The van der Waals surface area contributed by atoms with E-state index in [1.807, 2.05) is 0 Å². The number of unbranched alkanes of at least 4 members (excludes halogenated alkanes) is 9. The van der Waals surface area contributed by atoms with Gasteiger partial charge in [-0.3, -0.25) is 0 Å². The first-order valence-corrected chi connectivity index (χ1v) is 8.80. The van der Waals surface area contributed by atoms with E-state index in [1.54, 1.807) is 5.56 Å². The highest BCUT2D eigenvalue weighted by Crippen LogP contribution is 2.16. The fourth-order valence-electron chi connectivity index (χ4n) is 2.89. The first kappa shape index (κ1) is 23.7. The average molecular weight is 328 g/mol. The molecule has 1 aromatic carbocycles. The summed E-state index contributed by atoms with van der Waals surface area (Å²) in [6, 6.07) is 6.72. The summed E-state index contributed by atoms with van der Waals surface area (Å²) < 4.78 is 0. The molecular weight excluding hydrogens is 290 g/mol. The van der Waals surface area contributed by atoms with Crippen LogP contribution in [-0.4, -0.2) is 0 Å². The molecule has 0 bridgehead atoms. The van der Waals surface area contributed by atoms with Crippen LogP contribution in [0.25, 0.3) is 0 Å². The minimum atomic E-state index is 0. The van der Waals surface area contributed by atoms with Gasteiger partial charge in [-0.15, -0.1) is 0 Å². The van der Waals surface area contributed by atoms with Crippen molar-refractivity contribution in [3.63, 3.8) is 0 Å². The molecule has 0 fully saturated rings. The molecule has 2 heteroatoms. The van der Waals surface area contributed by atoms with E-state index in [2.05, 4.69) is 39.0 Å². The summed E-state index contributed by atoms with van der Waals surface area (Å²) in [5.74, 6) is 0. The molecule has 1 rings (SSSR count). The van der Waals surface area contributed by atoms with Crippen molar-refractivity contribution in [1.29, 1.82) is 0 Å². The van der Waals surface area contributed by atoms with Crippen molar-refractivity contribution in [2.75, 3.05) is 0 Å². The van der Waals surface area contributed by atoms with E-state index in [0.717, 1.165) is 0 Å². The highest BCUT2D eigenvalue weighted by atomic mass is 35.5. The molecule has 0 atom stereocenters. The van der Waals surface area contributed by atoms with E-state index in [-0.39, 0.29) is 18.6 Å². The number of benzene rings is 1. The maximum Gasteiger partial charge on any atom is -0.0276 e. The van der Waals surface area contributed by atoms with Crippen LogP contribution in [0.5, 0.6) is 0 Å². The lowest BCUT2D eigenvalue weighted by molar-refractivity contribution is -0.00000493. The fourth-order valence-corrected chi connectivity index (χ4v) is 2.89. The number of quaternary nitrogens is 1. The minimum absolute atomic E-state index is 0. The average Bonchev–Trinajstić information content (AvgIpc) is 2.45. The molecule has 0 saturated heterocycles. The molecule has 0 heterocycles. The van der Waals surface area contributed by atoms with Gasteiger partial charge in [0.25, 0.3) is 0 Å². The molecule has 130 valence electrons. The standard InChI is InChI=1S/C20H34.ClH.H3N/c1-4-5-6-7-8-9-10-11-12-13-16-20-17-14-15-18(2)19(20)3;;/h14-15,17H,4-13,16H2,1-3H3;1H;1H3. The summed E-state index contributed by atoms with van der Waals surface area (Å²) >= 11 is 0. The molecular formula is C20H38ClN. The van der Waals surface area contributed by atoms with E-state index in [9.17, 15) is 0 Å². The summed E-state index contributed by atoms with van der Waals surface area (Å²) in [7, 11) is 0. The largest absolute Gasteiger partial charge is 1.00 e. The lowest BCUT2D eigenvalue weighted by atomic mass is 9.98. The van der Waals surface area contributed by atoms with Crippen LogP contribution in [0.15, 0.2) is 18.2 Å². The normalized spacial score (nSPS) is 9.95. The monoisotopic (exact) mass is 327 g/mol. The Bertz CT molecular complexity index is 363. The highest BCUT2D eigenvalue weighted by Gasteiger charge is 2.00. The van der Waals surface area contributed by atoms with E-state index in [0.29, 0.717) is 0 Å². The Morgan fingerprint density at radius 1 is 0.727 bits per heavy atom. The lowest BCUT2D eigenvalue weighted by Crippen LogP contribution is -3.00. The lowest BCUT2D eigenvalue weighted by Gasteiger charge is -2.08. The van der Waals surface area contributed by atoms with Crippen molar-refractivity contribution in [2.24, 2.45) is 0 Å². The van der Waals surface area contributed by atoms with Crippen LogP contribution in [0.2, 0.25) is 0 Å². The van der Waals surface area contributed by atoms with Gasteiger partial charge in [0.1, 0.15) is 0 Å². The smallest absolute Gasteiger partial charge is 0.0276 e. The summed E-state index contributed by atoms with van der Waals surface area (Å²) in [5, 5.41) is 0. The Morgan fingerprint density at radius 2 is 1.23 bits per heavy atom. The Hall–Kier alpha value is -0.530. The second kappa shape index (κ2) is 15.4. The van der Waals surface area contributed by atoms with Gasteiger partial charge in [-0.1, -0.05) is 82.9 Å². The van der Waals surface area contributed by atoms with Gasteiger partial charge in [-0.2, -0.15) is 0 Å². The van der Waals surface area contributed by atoms with Gasteiger partial charge >= 0.3 is 0 Å². The molecule has 0 unspecified atom stereocenters. The molecule has 0 radical (unpaired) electrons. The Kier molecular flexibility index (Phi) is 16.6. The topological polar surface area (TPSA) is 36.5 Å². The van der Waals surface area contributed by atoms with Crippen molar-refractivity contribution in [3.05, 3.63) is 34.9 Å². The Labute approximate surface area is 145 Å². The fraction of sp³-hybridized carbons (Fsp3) is 0.700. The summed E-state index contributed by atoms with van der Waals surface area (Å²) in [6.07, 6.45) is 15.5. The summed E-state index contributed by atoms with van der Waals surface area (Å²) in [6.45, 7) is 6.77. The van der Waals surface area contributed by atoms with Crippen LogP contribution in [0.1, 0.15) is 87.8 Å². The zero-order valence-electron chi connectivity index (χ0n) is 15.4. The van der Waals surface area contributed by atoms with Gasteiger partial charge < -0.3 is 18.6 Å². The van der Waals surface area contributed by atoms with Crippen molar-refractivity contribution in [1.82, 2.24) is 6.15 Å². The molecule has 1 nitrogen and oxygen atoms in total. The summed E-state index contributed by atoms with van der Waals surface area (Å²) in [5.41, 5.74) is 4.50. The predicted molar refractivity (Wildman–Crippen MR) is 97.4 cm³/mol. The number of hydrogen-bond acceptors (Lipinski definition) is 0. The van der Waals surface area contributed by atoms with Crippen LogP contribution in [-0.2, 0) is 6.42 Å². The number of hydrogen-bond donors (Lipinski definition) is 1. The van der Waals surface area contributed by atoms with Gasteiger partial charge in [-0.25, -0.2) is 0 Å². The maximum absolute atomic E-state index is 2.30. The van der Waals surface area contributed by atoms with Crippen molar-refractivity contribution in [2.45, 2.75) is 91.4 Å². The molecule has 4 N–H and O–H groups in total. The van der Waals surface area contributed by atoms with Gasteiger partial charge in [0.2, 0.25) is 0 Å². The van der Waals surface area contributed by atoms with Gasteiger partial charge in [0.05, 0.1) is 0 Å². The molecule has 0 aliphatic carbocycles. The molecule has 0 amide bonds. The van der Waals surface area contributed by atoms with Crippen molar-refractivity contribution in [3.8, 4) is 0 Å². The van der Waals surface area contributed by atoms with E-state index >= 15 is 0 Å². The Balaban J connectivity index is 0. The number of aryl methyl sites for hydroxylation is 2. The molecule has 0 aliphatic rings. The van der Waals surface area contributed by atoms with Crippen molar-refractivity contribution >= 4 is 0 Å². The third-order valence-corrected chi connectivity index (χ3v) is 4.52. The maximum atomic E-state index is 2.30. The zero-order chi connectivity index (χ0) is 14.6. The second-order valence-corrected chi connectivity index (χ2v) is 6.29. The van der Waals surface area contributed by atoms with Gasteiger partial charge in [0.15, 0.2) is 0 Å². The van der Waals surface area contributed by atoms with Gasteiger partial charge in [-0.05, 0) is 43.4 Å². The van der Waals surface area contributed by atoms with Crippen LogP contribution in [0.3, 0.4) is 0 Å². The molecule has 22 heavy (non-hydrogen) atoms. The SMILES string of the molecule is CCCCCCCCCCCCc1cccc(C)c1C.[Cl-].[NH4+]. The third kappa shape index (κ3) is 10.2. The predicted octanol–water partition coefficient (Wildman–Crippen LogP) is 4.15. The Morgan fingerprint density at radius 3 is 1.77 bits per heavy atom. The second-order valence-electron chi connectivity index (χ2n) is 6.29. The third-order valence-electron chi connectivity index (χ3n) is 4.52. The van der Waals surface area contributed by atoms with Crippen LogP contribution >= 0.6 is 0 Å². The van der Waals surface area contributed by atoms with Gasteiger partial charge in [0, 0.05) is 0 Å².